The third-order valence-corrected chi connectivity index (χ3v) is 4.62. The van der Waals surface area contributed by atoms with Crippen LogP contribution in [0.1, 0.15) is 12.8 Å². The Morgan fingerprint density at radius 2 is 2.12 bits per heavy atom. The molecule has 26 heavy (non-hydrogen) atoms. The molecule has 2 heterocycles. The van der Waals surface area contributed by atoms with Gasteiger partial charge in [-0.2, -0.15) is 0 Å². The second-order valence-electron chi connectivity index (χ2n) is 6.27. The van der Waals surface area contributed by atoms with Crippen molar-refractivity contribution in [3.63, 3.8) is 0 Å². The Balaban J connectivity index is 1.72. The summed E-state index contributed by atoms with van der Waals surface area (Å²) < 4.78 is 16.2. The molecule has 2 atom stereocenters. The number of ether oxygens (including phenoxy) is 3. The highest BCUT2D eigenvalue weighted by atomic mass is 16.6. The molecule has 2 N–H and O–H groups in total. The zero-order valence-corrected chi connectivity index (χ0v) is 14.6. The molecule has 1 fully saturated rings. The summed E-state index contributed by atoms with van der Waals surface area (Å²) >= 11 is 0. The number of nitrogens with two attached hydrogens (primary N) is 1. The Bertz CT molecular complexity index is 737. The lowest BCUT2D eigenvalue weighted by Gasteiger charge is -2.22. The predicted octanol–water partition coefficient (Wildman–Crippen LogP) is 0.505. The van der Waals surface area contributed by atoms with Crippen molar-refractivity contribution >= 4 is 23.6 Å². The normalized spacial score (nSPS) is 22.5. The molecular formula is C17H21N3O6. The lowest BCUT2D eigenvalue weighted by molar-refractivity contribution is -0.128. The van der Waals surface area contributed by atoms with Gasteiger partial charge >= 0.3 is 6.09 Å². The third-order valence-electron chi connectivity index (χ3n) is 4.62. The van der Waals surface area contributed by atoms with Crippen LogP contribution >= 0.6 is 0 Å². The number of fused-ring (bicyclic) bond motifs is 1. The molecule has 1 aromatic rings. The van der Waals surface area contributed by atoms with Crippen molar-refractivity contribution in [2.75, 3.05) is 32.2 Å². The zero-order valence-electron chi connectivity index (χ0n) is 14.6. The molecule has 1 saturated heterocycles. The van der Waals surface area contributed by atoms with Gasteiger partial charge in [0.1, 0.15) is 24.7 Å². The Kier molecular flexibility index (Phi) is 4.88. The number of carbonyl (C=O) groups excluding carboxylic acids is 3. The molecule has 9 nitrogen and oxygen atoms in total. The molecule has 140 valence electrons. The highest BCUT2D eigenvalue weighted by Crippen LogP contribution is 2.34. The van der Waals surface area contributed by atoms with Gasteiger partial charge in [0.05, 0.1) is 11.7 Å². The standard InChI is InChI=1S/C17H21N3O6/c1-19-10(3-6-15(19)21)8-24-11-4-5-13-12(7-11)20(2)16(22)14(9-25-13)26-17(18)23/h4-5,7,10,14H,3,6,8-9H2,1-2H3,(H2,18,23)/t10?,14-/m0/s1. The van der Waals surface area contributed by atoms with Crippen molar-refractivity contribution in [2.45, 2.75) is 25.0 Å². The van der Waals surface area contributed by atoms with Crippen molar-refractivity contribution in [2.24, 2.45) is 5.73 Å². The number of anilines is 1. The number of amides is 3. The fraction of sp³-hybridized carbons (Fsp3) is 0.471. The maximum Gasteiger partial charge on any atom is 0.405 e. The Morgan fingerprint density at radius 1 is 1.35 bits per heavy atom. The van der Waals surface area contributed by atoms with Crippen LogP contribution < -0.4 is 20.1 Å². The van der Waals surface area contributed by atoms with Crippen molar-refractivity contribution in [1.82, 2.24) is 4.90 Å². The highest BCUT2D eigenvalue weighted by molar-refractivity contribution is 5.99. The van der Waals surface area contributed by atoms with Gasteiger partial charge in [0.15, 0.2) is 0 Å². The van der Waals surface area contributed by atoms with Gasteiger partial charge in [-0.1, -0.05) is 0 Å². The maximum absolute atomic E-state index is 12.4. The molecule has 1 unspecified atom stereocenters. The summed E-state index contributed by atoms with van der Waals surface area (Å²) in [7, 11) is 3.32. The van der Waals surface area contributed by atoms with Crippen LogP contribution in [0.25, 0.3) is 0 Å². The summed E-state index contributed by atoms with van der Waals surface area (Å²) in [6.07, 6.45) is -0.854. The fourth-order valence-corrected chi connectivity index (χ4v) is 3.02. The predicted molar refractivity (Wildman–Crippen MR) is 91.1 cm³/mol. The van der Waals surface area contributed by atoms with E-state index in [2.05, 4.69) is 0 Å². The largest absolute Gasteiger partial charge is 0.491 e. The van der Waals surface area contributed by atoms with E-state index >= 15 is 0 Å². The lowest BCUT2D eigenvalue weighted by Crippen LogP contribution is -2.41. The molecule has 1 aromatic carbocycles. The second-order valence-corrected chi connectivity index (χ2v) is 6.27. The van der Waals surface area contributed by atoms with Crippen LogP contribution in [0.5, 0.6) is 11.5 Å². The fourth-order valence-electron chi connectivity index (χ4n) is 3.02. The van der Waals surface area contributed by atoms with E-state index in [-0.39, 0.29) is 18.6 Å². The summed E-state index contributed by atoms with van der Waals surface area (Å²) in [5.41, 5.74) is 5.50. The molecule has 2 aliphatic rings. The maximum atomic E-state index is 12.4. The first kappa shape index (κ1) is 17.8. The molecule has 0 bridgehead atoms. The molecule has 2 aliphatic heterocycles. The summed E-state index contributed by atoms with van der Waals surface area (Å²) in [5.74, 6) is 0.687. The van der Waals surface area contributed by atoms with Crippen molar-refractivity contribution < 1.29 is 28.6 Å². The third kappa shape index (κ3) is 3.51. The number of benzene rings is 1. The van der Waals surface area contributed by atoms with Gasteiger partial charge in [0, 0.05) is 26.6 Å². The van der Waals surface area contributed by atoms with E-state index in [1.165, 1.54) is 4.90 Å². The topological polar surface area (TPSA) is 111 Å². The Labute approximate surface area is 150 Å². The molecule has 0 aromatic heterocycles. The molecule has 0 radical (unpaired) electrons. The van der Waals surface area contributed by atoms with E-state index in [1.54, 1.807) is 37.2 Å². The molecule has 3 amide bonds. The minimum absolute atomic E-state index is 0.0327. The van der Waals surface area contributed by atoms with E-state index in [4.69, 9.17) is 19.9 Å². The summed E-state index contributed by atoms with van der Waals surface area (Å²) in [5, 5.41) is 0. The quantitative estimate of drug-likeness (QED) is 0.834. The van der Waals surface area contributed by atoms with Crippen LogP contribution in [0.3, 0.4) is 0 Å². The van der Waals surface area contributed by atoms with Gasteiger partial charge < -0.3 is 29.7 Å². The van der Waals surface area contributed by atoms with Crippen molar-refractivity contribution in [1.29, 1.82) is 0 Å². The lowest BCUT2D eigenvalue weighted by atomic mass is 10.2. The Hall–Kier alpha value is -2.97. The number of nitrogens with zero attached hydrogens (tertiary/aromatic N) is 2. The number of hydrogen-bond donors (Lipinski definition) is 1. The van der Waals surface area contributed by atoms with Gasteiger partial charge in [0.2, 0.25) is 12.0 Å². The van der Waals surface area contributed by atoms with Crippen molar-refractivity contribution in [3.8, 4) is 11.5 Å². The number of rotatable bonds is 4. The first-order valence-corrected chi connectivity index (χ1v) is 8.25. The van der Waals surface area contributed by atoms with Gasteiger partial charge in [-0.25, -0.2) is 4.79 Å². The Morgan fingerprint density at radius 3 is 2.77 bits per heavy atom. The van der Waals surface area contributed by atoms with Crippen LogP contribution in [0, 0.1) is 0 Å². The van der Waals surface area contributed by atoms with E-state index in [9.17, 15) is 14.4 Å². The van der Waals surface area contributed by atoms with Crippen LogP contribution in [-0.4, -0.2) is 62.3 Å². The average molecular weight is 363 g/mol. The van der Waals surface area contributed by atoms with E-state index in [0.29, 0.717) is 30.2 Å². The first-order valence-electron chi connectivity index (χ1n) is 8.25. The average Bonchev–Trinajstić information content (AvgIpc) is 2.88. The molecule has 0 saturated carbocycles. The molecule has 0 aliphatic carbocycles. The molecule has 3 rings (SSSR count). The summed E-state index contributed by atoms with van der Waals surface area (Å²) in [6, 6.07) is 5.12. The zero-order chi connectivity index (χ0) is 18.8. The van der Waals surface area contributed by atoms with Gasteiger partial charge in [-0.3, -0.25) is 9.59 Å². The summed E-state index contributed by atoms with van der Waals surface area (Å²) in [4.78, 5) is 38.0. The highest BCUT2D eigenvalue weighted by Gasteiger charge is 2.32. The van der Waals surface area contributed by atoms with Gasteiger partial charge in [-0.15, -0.1) is 0 Å². The van der Waals surface area contributed by atoms with Crippen LogP contribution in [0.15, 0.2) is 18.2 Å². The van der Waals surface area contributed by atoms with E-state index in [1.807, 2.05) is 0 Å². The molecule has 9 heteroatoms. The summed E-state index contributed by atoms with van der Waals surface area (Å²) in [6.45, 7) is 0.251. The molecular weight excluding hydrogens is 342 g/mol. The van der Waals surface area contributed by atoms with Crippen LogP contribution in [-0.2, 0) is 14.3 Å². The number of likely N-dealkylation sites (tertiary alicyclic amines) is 1. The number of likely N-dealkylation sites (N-methyl/N-ethyl adjacent to an activating group) is 2. The van der Waals surface area contributed by atoms with Crippen molar-refractivity contribution in [3.05, 3.63) is 18.2 Å². The van der Waals surface area contributed by atoms with Gasteiger partial charge in [-0.05, 0) is 18.6 Å². The first-order chi connectivity index (χ1) is 12.4. The number of hydrogen-bond acceptors (Lipinski definition) is 6. The minimum atomic E-state index is -1.10. The van der Waals surface area contributed by atoms with Crippen LogP contribution in [0.2, 0.25) is 0 Å². The van der Waals surface area contributed by atoms with Crippen LogP contribution in [0.4, 0.5) is 10.5 Å². The number of primary amides is 1. The van der Waals surface area contributed by atoms with E-state index in [0.717, 1.165) is 6.42 Å². The molecule has 0 spiro atoms. The monoisotopic (exact) mass is 363 g/mol. The SMILES string of the molecule is CN1C(=O)[C@@H](OC(N)=O)COc2ccc(OCC3CCC(=O)N3C)cc21. The van der Waals surface area contributed by atoms with Gasteiger partial charge in [0.25, 0.3) is 5.91 Å². The number of carbonyl (C=O) groups is 3. The van der Waals surface area contributed by atoms with E-state index < -0.39 is 18.1 Å². The smallest absolute Gasteiger partial charge is 0.405 e. The second kappa shape index (κ2) is 7.11. The minimum Gasteiger partial charge on any atom is -0.491 e.